The van der Waals surface area contributed by atoms with E-state index in [2.05, 4.69) is 18.7 Å². The Kier molecular flexibility index (Phi) is 5.43. The maximum Gasteiger partial charge on any atom is 0.129 e. The van der Waals surface area contributed by atoms with Crippen molar-refractivity contribution in [1.29, 1.82) is 0 Å². The predicted octanol–water partition coefficient (Wildman–Crippen LogP) is 2.28. The normalized spacial score (nSPS) is 26.5. The summed E-state index contributed by atoms with van der Waals surface area (Å²) in [7, 11) is 0. The Labute approximate surface area is 115 Å². The third-order valence-corrected chi connectivity index (χ3v) is 3.86. The molecular weight excluding hydrogens is 242 g/mol. The van der Waals surface area contributed by atoms with Gasteiger partial charge in [-0.25, -0.2) is 0 Å². The lowest BCUT2D eigenvalue weighted by molar-refractivity contribution is -0.00873. The highest BCUT2D eigenvalue weighted by Gasteiger charge is 2.24. The first kappa shape index (κ1) is 14.6. The van der Waals surface area contributed by atoms with Gasteiger partial charge in [-0.05, 0) is 44.4 Å². The van der Waals surface area contributed by atoms with Gasteiger partial charge in [0.15, 0.2) is 0 Å². The van der Waals surface area contributed by atoms with Gasteiger partial charge in [-0.1, -0.05) is 6.92 Å². The van der Waals surface area contributed by atoms with Crippen LogP contribution in [0.15, 0.2) is 22.8 Å². The molecule has 2 rings (SSSR count). The van der Waals surface area contributed by atoms with Crippen LogP contribution in [0, 0.1) is 5.92 Å². The summed E-state index contributed by atoms with van der Waals surface area (Å²) in [6.07, 6.45) is 3.65. The fraction of sp³-hybridized carbons (Fsp3) is 0.733. The van der Waals surface area contributed by atoms with E-state index in [0.29, 0.717) is 25.8 Å². The van der Waals surface area contributed by atoms with Crippen LogP contribution in [-0.4, -0.2) is 41.8 Å². The summed E-state index contributed by atoms with van der Waals surface area (Å²) >= 11 is 0. The smallest absolute Gasteiger partial charge is 0.129 e. The third-order valence-electron chi connectivity index (χ3n) is 3.86. The summed E-state index contributed by atoms with van der Waals surface area (Å²) in [5.74, 6) is 1.60. The number of piperidine rings is 1. The Bertz CT molecular complexity index is 352. The quantitative estimate of drug-likeness (QED) is 0.859. The largest absolute Gasteiger partial charge is 0.467 e. The van der Waals surface area contributed by atoms with Gasteiger partial charge in [-0.3, -0.25) is 4.90 Å². The molecule has 0 aliphatic carbocycles. The molecule has 0 saturated carbocycles. The molecule has 0 bridgehead atoms. The minimum atomic E-state index is -0.425. The van der Waals surface area contributed by atoms with Crippen molar-refractivity contribution in [3.8, 4) is 0 Å². The van der Waals surface area contributed by atoms with Crippen LogP contribution in [0.5, 0.6) is 0 Å². The lowest BCUT2D eigenvalue weighted by Crippen LogP contribution is -2.45. The van der Waals surface area contributed by atoms with Gasteiger partial charge in [-0.2, -0.15) is 0 Å². The second-order valence-electron chi connectivity index (χ2n) is 5.72. The fourth-order valence-corrected chi connectivity index (χ4v) is 2.74. The van der Waals surface area contributed by atoms with Crippen molar-refractivity contribution in [2.45, 2.75) is 45.4 Å². The summed E-state index contributed by atoms with van der Waals surface area (Å²) in [6.45, 7) is 7.11. The van der Waals surface area contributed by atoms with Crippen LogP contribution in [-0.2, 0) is 11.3 Å². The number of rotatable bonds is 6. The molecular formula is C15H25NO3. The monoisotopic (exact) mass is 267 g/mol. The Balaban J connectivity index is 1.65. The number of aliphatic hydroxyl groups is 1. The van der Waals surface area contributed by atoms with E-state index in [-0.39, 0.29) is 0 Å². The van der Waals surface area contributed by atoms with Crippen LogP contribution in [0.1, 0.15) is 32.4 Å². The van der Waals surface area contributed by atoms with Crippen molar-refractivity contribution in [2.24, 2.45) is 5.92 Å². The van der Waals surface area contributed by atoms with Crippen molar-refractivity contribution in [3.05, 3.63) is 24.2 Å². The Morgan fingerprint density at radius 2 is 2.37 bits per heavy atom. The second kappa shape index (κ2) is 7.08. The maximum absolute atomic E-state index is 10.0. The Hall–Kier alpha value is -0.840. The molecule has 0 spiro atoms. The summed E-state index contributed by atoms with van der Waals surface area (Å²) < 4.78 is 10.6. The molecule has 1 aromatic heterocycles. The molecule has 3 unspecified atom stereocenters. The van der Waals surface area contributed by atoms with Gasteiger partial charge < -0.3 is 14.3 Å². The zero-order valence-corrected chi connectivity index (χ0v) is 11.9. The molecule has 4 heteroatoms. The summed E-state index contributed by atoms with van der Waals surface area (Å²) in [5, 5.41) is 10.0. The standard InChI is InChI=1S/C15H25NO3/c1-12-5-6-16(13(2)8-12)9-14(17)10-18-11-15-4-3-7-19-15/h3-4,7,12-14,17H,5-6,8-11H2,1-2H3. The Morgan fingerprint density at radius 3 is 3.05 bits per heavy atom. The molecule has 108 valence electrons. The first-order valence-corrected chi connectivity index (χ1v) is 7.17. The predicted molar refractivity (Wildman–Crippen MR) is 73.8 cm³/mol. The van der Waals surface area contributed by atoms with Gasteiger partial charge in [0.25, 0.3) is 0 Å². The van der Waals surface area contributed by atoms with Crippen molar-refractivity contribution in [1.82, 2.24) is 4.90 Å². The van der Waals surface area contributed by atoms with Crippen LogP contribution in [0.4, 0.5) is 0 Å². The fourth-order valence-electron chi connectivity index (χ4n) is 2.74. The molecule has 3 atom stereocenters. The van der Waals surface area contributed by atoms with E-state index in [9.17, 15) is 5.11 Å². The topological polar surface area (TPSA) is 45.8 Å². The van der Waals surface area contributed by atoms with E-state index in [1.807, 2.05) is 12.1 Å². The molecule has 0 amide bonds. The van der Waals surface area contributed by atoms with Crippen molar-refractivity contribution < 1.29 is 14.3 Å². The van der Waals surface area contributed by atoms with Gasteiger partial charge in [0.2, 0.25) is 0 Å². The van der Waals surface area contributed by atoms with Gasteiger partial charge in [0.1, 0.15) is 12.4 Å². The highest BCUT2D eigenvalue weighted by Crippen LogP contribution is 2.22. The SMILES string of the molecule is CC1CCN(CC(O)COCc2ccco2)C(C)C1. The minimum absolute atomic E-state index is 0.361. The molecule has 4 nitrogen and oxygen atoms in total. The zero-order chi connectivity index (χ0) is 13.7. The van der Waals surface area contributed by atoms with Crippen molar-refractivity contribution >= 4 is 0 Å². The van der Waals surface area contributed by atoms with Crippen molar-refractivity contribution in [3.63, 3.8) is 0 Å². The molecule has 1 aliphatic rings. The number of aliphatic hydroxyl groups excluding tert-OH is 1. The molecule has 1 fully saturated rings. The number of hydrogen-bond donors (Lipinski definition) is 1. The minimum Gasteiger partial charge on any atom is -0.467 e. The van der Waals surface area contributed by atoms with E-state index in [1.165, 1.54) is 12.8 Å². The molecule has 1 aromatic rings. The Morgan fingerprint density at radius 1 is 1.53 bits per heavy atom. The van der Waals surface area contributed by atoms with Crippen LogP contribution < -0.4 is 0 Å². The highest BCUT2D eigenvalue weighted by atomic mass is 16.5. The molecule has 19 heavy (non-hydrogen) atoms. The summed E-state index contributed by atoms with van der Waals surface area (Å²) in [4.78, 5) is 2.36. The van der Waals surface area contributed by atoms with Crippen LogP contribution >= 0.6 is 0 Å². The summed E-state index contributed by atoms with van der Waals surface area (Å²) in [5.41, 5.74) is 0. The van der Waals surface area contributed by atoms with E-state index in [1.54, 1.807) is 6.26 Å². The van der Waals surface area contributed by atoms with Crippen LogP contribution in [0.3, 0.4) is 0 Å². The highest BCUT2D eigenvalue weighted by molar-refractivity contribution is 4.96. The van der Waals surface area contributed by atoms with E-state index >= 15 is 0 Å². The lowest BCUT2D eigenvalue weighted by Gasteiger charge is -2.37. The zero-order valence-electron chi connectivity index (χ0n) is 11.9. The number of nitrogens with zero attached hydrogens (tertiary/aromatic N) is 1. The number of β-amino-alcohol motifs (C(OH)–C–C–N with tert-alkyl or cyclic N) is 1. The average molecular weight is 267 g/mol. The number of furan rings is 1. The van der Waals surface area contributed by atoms with Gasteiger partial charge in [0, 0.05) is 12.6 Å². The lowest BCUT2D eigenvalue weighted by atomic mass is 9.93. The molecule has 0 radical (unpaired) electrons. The molecule has 2 heterocycles. The average Bonchev–Trinajstić information content (AvgIpc) is 2.86. The second-order valence-corrected chi connectivity index (χ2v) is 5.72. The van der Waals surface area contributed by atoms with Crippen LogP contribution in [0.2, 0.25) is 0 Å². The first-order chi connectivity index (χ1) is 9.15. The maximum atomic E-state index is 10.0. The van der Waals surface area contributed by atoms with Gasteiger partial charge >= 0.3 is 0 Å². The third kappa shape index (κ3) is 4.64. The van der Waals surface area contributed by atoms with Crippen LogP contribution in [0.25, 0.3) is 0 Å². The van der Waals surface area contributed by atoms with Gasteiger partial charge in [-0.15, -0.1) is 0 Å². The van der Waals surface area contributed by atoms with E-state index < -0.39 is 6.10 Å². The molecule has 1 saturated heterocycles. The summed E-state index contributed by atoms with van der Waals surface area (Å²) in [6, 6.07) is 4.27. The number of likely N-dealkylation sites (tertiary alicyclic amines) is 1. The molecule has 1 aliphatic heterocycles. The van der Waals surface area contributed by atoms with Gasteiger partial charge in [0.05, 0.1) is 19.0 Å². The number of hydrogen-bond acceptors (Lipinski definition) is 4. The van der Waals surface area contributed by atoms with E-state index in [4.69, 9.17) is 9.15 Å². The van der Waals surface area contributed by atoms with E-state index in [0.717, 1.165) is 18.2 Å². The molecule has 0 aromatic carbocycles. The molecule has 1 N–H and O–H groups in total. The first-order valence-electron chi connectivity index (χ1n) is 7.17. The number of ether oxygens (including phenoxy) is 1. The van der Waals surface area contributed by atoms with Crippen molar-refractivity contribution in [2.75, 3.05) is 19.7 Å².